The molecule has 0 aliphatic carbocycles. The van der Waals surface area contributed by atoms with Gasteiger partial charge in [-0.05, 0) is 49.1 Å². The molecule has 0 aromatic rings. The molecule has 3 unspecified atom stereocenters. The Bertz CT molecular complexity index is 229. The van der Waals surface area contributed by atoms with Crippen LogP contribution in [0.4, 0.5) is 0 Å². The molecule has 86 valence electrons. The lowest BCUT2D eigenvalue weighted by Gasteiger charge is -2.26. The van der Waals surface area contributed by atoms with Crippen LogP contribution in [0.3, 0.4) is 0 Å². The van der Waals surface area contributed by atoms with Crippen molar-refractivity contribution in [2.45, 2.75) is 25.3 Å². The summed E-state index contributed by atoms with van der Waals surface area (Å²) in [5.41, 5.74) is 0. The van der Waals surface area contributed by atoms with E-state index in [1.54, 1.807) is 0 Å². The van der Waals surface area contributed by atoms with Crippen molar-refractivity contribution >= 4 is 17.7 Å². The van der Waals surface area contributed by atoms with Crippen molar-refractivity contribution in [3.8, 4) is 0 Å². The highest BCUT2D eigenvalue weighted by Crippen LogP contribution is 2.33. The van der Waals surface area contributed by atoms with Crippen LogP contribution in [0.1, 0.15) is 19.3 Å². The summed E-state index contributed by atoms with van der Waals surface area (Å²) in [6, 6.07) is -0.0491. The van der Waals surface area contributed by atoms with Crippen LogP contribution in [-0.2, 0) is 9.53 Å². The van der Waals surface area contributed by atoms with Gasteiger partial charge in [0.2, 0.25) is 0 Å². The van der Waals surface area contributed by atoms with Crippen LogP contribution < -0.4 is 5.32 Å². The summed E-state index contributed by atoms with van der Waals surface area (Å²) < 4.78 is 4.76. The van der Waals surface area contributed by atoms with Crippen molar-refractivity contribution < 1.29 is 9.53 Å². The quantitative estimate of drug-likeness (QED) is 0.724. The molecule has 2 aliphatic rings. The van der Waals surface area contributed by atoms with Crippen molar-refractivity contribution in [3.05, 3.63) is 0 Å². The number of hydrogen-bond donors (Lipinski definition) is 1. The molecule has 0 aromatic heterocycles. The Morgan fingerprint density at radius 1 is 1.47 bits per heavy atom. The molecule has 0 spiro atoms. The maximum Gasteiger partial charge on any atom is 0.322 e. The van der Waals surface area contributed by atoms with Gasteiger partial charge >= 0.3 is 5.97 Å². The molecule has 0 amide bonds. The maximum atomic E-state index is 11.4. The van der Waals surface area contributed by atoms with Gasteiger partial charge in [0.05, 0.1) is 7.11 Å². The molecular formula is C11H19NO2S. The van der Waals surface area contributed by atoms with E-state index in [2.05, 4.69) is 17.1 Å². The van der Waals surface area contributed by atoms with Gasteiger partial charge in [-0.15, -0.1) is 0 Å². The van der Waals surface area contributed by atoms with E-state index in [1.165, 1.54) is 31.5 Å². The predicted octanol–water partition coefficient (Wildman–Crippen LogP) is 1.28. The Kier molecular flexibility index (Phi) is 3.92. The summed E-state index contributed by atoms with van der Waals surface area (Å²) >= 11 is 2.06. The van der Waals surface area contributed by atoms with Crippen LogP contribution in [-0.4, -0.2) is 37.2 Å². The lowest BCUT2D eigenvalue weighted by atomic mass is 9.88. The number of ether oxygens (including phenoxy) is 1. The second-order valence-electron chi connectivity index (χ2n) is 4.46. The normalized spacial score (nSPS) is 36.5. The van der Waals surface area contributed by atoms with Gasteiger partial charge in [0.25, 0.3) is 0 Å². The van der Waals surface area contributed by atoms with E-state index in [1.807, 2.05) is 0 Å². The monoisotopic (exact) mass is 229 g/mol. The number of methoxy groups -OCH3 is 1. The van der Waals surface area contributed by atoms with Gasteiger partial charge in [-0.1, -0.05) is 0 Å². The van der Waals surface area contributed by atoms with Crippen LogP contribution in [0.2, 0.25) is 0 Å². The third kappa shape index (κ3) is 2.67. The Labute approximate surface area is 95.3 Å². The topological polar surface area (TPSA) is 38.3 Å². The Morgan fingerprint density at radius 2 is 2.33 bits per heavy atom. The standard InChI is InChI=1S/C11H19NO2S/c1-14-11(13)10-5-9(6-12-10)8-3-2-4-15-7-8/h8-10,12H,2-7H2,1H3. The lowest BCUT2D eigenvalue weighted by Crippen LogP contribution is -2.31. The fourth-order valence-electron chi connectivity index (χ4n) is 2.58. The summed E-state index contributed by atoms with van der Waals surface area (Å²) in [6.45, 7) is 0.991. The zero-order valence-corrected chi connectivity index (χ0v) is 10.0. The number of thioether (sulfide) groups is 1. The molecule has 2 rings (SSSR count). The highest BCUT2D eigenvalue weighted by atomic mass is 32.2. The van der Waals surface area contributed by atoms with Crippen LogP contribution in [0, 0.1) is 11.8 Å². The molecule has 2 aliphatic heterocycles. The van der Waals surface area contributed by atoms with Crippen LogP contribution in [0.5, 0.6) is 0 Å². The largest absolute Gasteiger partial charge is 0.468 e. The molecule has 3 nitrogen and oxygen atoms in total. The smallest absolute Gasteiger partial charge is 0.322 e. The first kappa shape index (κ1) is 11.3. The van der Waals surface area contributed by atoms with E-state index in [4.69, 9.17) is 4.74 Å². The molecule has 0 saturated carbocycles. The lowest BCUT2D eigenvalue weighted by molar-refractivity contribution is -0.142. The Morgan fingerprint density at radius 3 is 3.00 bits per heavy atom. The molecule has 2 saturated heterocycles. The van der Waals surface area contributed by atoms with Crippen LogP contribution in [0.15, 0.2) is 0 Å². The average Bonchev–Trinajstić information content (AvgIpc) is 2.78. The van der Waals surface area contributed by atoms with Crippen LogP contribution >= 0.6 is 11.8 Å². The third-order valence-corrected chi connectivity index (χ3v) is 4.75. The number of esters is 1. The molecule has 3 atom stereocenters. The van der Waals surface area contributed by atoms with Crippen molar-refractivity contribution in [1.29, 1.82) is 0 Å². The minimum absolute atomic E-state index is 0.0491. The van der Waals surface area contributed by atoms with Crippen molar-refractivity contribution in [3.63, 3.8) is 0 Å². The zero-order valence-electron chi connectivity index (χ0n) is 9.20. The zero-order chi connectivity index (χ0) is 10.7. The van der Waals surface area contributed by atoms with E-state index in [0.29, 0.717) is 5.92 Å². The second kappa shape index (κ2) is 5.21. The van der Waals surface area contributed by atoms with Gasteiger partial charge in [-0.3, -0.25) is 4.79 Å². The number of hydrogen-bond acceptors (Lipinski definition) is 4. The fourth-order valence-corrected chi connectivity index (χ4v) is 3.86. The molecule has 2 fully saturated rings. The molecule has 1 N–H and O–H groups in total. The van der Waals surface area contributed by atoms with Gasteiger partial charge in [-0.2, -0.15) is 11.8 Å². The molecule has 4 heteroatoms. The van der Waals surface area contributed by atoms with E-state index in [9.17, 15) is 4.79 Å². The molecule has 0 radical (unpaired) electrons. The van der Waals surface area contributed by atoms with E-state index in [-0.39, 0.29) is 12.0 Å². The van der Waals surface area contributed by atoms with Crippen molar-refractivity contribution in [2.75, 3.05) is 25.2 Å². The summed E-state index contributed by atoms with van der Waals surface area (Å²) in [5, 5.41) is 3.27. The number of nitrogens with one attached hydrogen (secondary N) is 1. The van der Waals surface area contributed by atoms with Gasteiger partial charge in [0, 0.05) is 0 Å². The van der Waals surface area contributed by atoms with Gasteiger partial charge in [0.15, 0.2) is 0 Å². The molecule has 0 aromatic carbocycles. The second-order valence-corrected chi connectivity index (χ2v) is 5.61. The summed E-state index contributed by atoms with van der Waals surface area (Å²) in [7, 11) is 1.47. The summed E-state index contributed by atoms with van der Waals surface area (Å²) in [5.74, 6) is 3.99. The molecular weight excluding hydrogens is 210 g/mol. The van der Waals surface area contributed by atoms with Gasteiger partial charge in [0.1, 0.15) is 6.04 Å². The molecule has 15 heavy (non-hydrogen) atoms. The first-order valence-electron chi connectivity index (χ1n) is 5.70. The SMILES string of the molecule is COC(=O)C1CC(C2CCCSC2)CN1. The summed E-state index contributed by atoms with van der Waals surface area (Å²) in [6.07, 6.45) is 3.65. The number of carbonyl (C=O) groups excluding carboxylic acids is 1. The Hall–Kier alpha value is -0.220. The van der Waals surface area contributed by atoms with Gasteiger partial charge in [-0.25, -0.2) is 0 Å². The minimum atomic E-state index is -0.0963. The maximum absolute atomic E-state index is 11.4. The van der Waals surface area contributed by atoms with E-state index < -0.39 is 0 Å². The fraction of sp³-hybridized carbons (Fsp3) is 0.909. The van der Waals surface area contributed by atoms with Crippen molar-refractivity contribution in [2.24, 2.45) is 11.8 Å². The first-order chi connectivity index (χ1) is 7.31. The third-order valence-electron chi connectivity index (χ3n) is 3.51. The summed E-state index contributed by atoms with van der Waals surface area (Å²) in [4.78, 5) is 11.4. The first-order valence-corrected chi connectivity index (χ1v) is 6.85. The highest BCUT2D eigenvalue weighted by Gasteiger charge is 2.34. The highest BCUT2D eigenvalue weighted by molar-refractivity contribution is 7.99. The molecule has 2 heterocycles. The minimum Gasteiger partial charge on any atom is -0.468 e. The van der Waals surface area contributed by atoms with Crippen molar-refractivity contribution in [1.82, 2.24) is 5.32 Å². The average molecular weight is 229 g/mol. The van der Waals surface area contributed by atoms with E-state index >= 15 is 0 Å². The number of rotatable bonds is 2. The number of carbonyl (C=O) groups is 1. The van der Waals surface area contributed by atoms with Gasteiger partial charge < -0.3 is 10.1 Å². The molecule has 0 bridgehead atoms. The Balaban J connectivity index is 1.83. The van der Waals surface area contributed by atoms with Crippen LogP contribution in [0.25, 0.3) is 0 Å². The predicted molar refractivity (Wildman–Crippen MR) is 62.0 cm³/mol. The van der Waals surface area contributed by atoms with E-state index in [0.717, 1.165) is 18.9 Å².